The second kappa shape index (κ2) is 7.69. The Morgan fingerprint density at radius 3 is 2.52 bits per heavy atom. The van der Waals surface area contributed by atoms with Gasteiger partial charge in [0.25, 0.3) is 0 Å². The van der Waals surface area contributed by atoms with E-state index in [0.29, 0.717) is 24.0 Å². The van der Waals surface area contributed by atoms with Crippen molar-refractivity contribution in [3.8, 4) is 11.5 Å². The summed E-state index contributed by atoms with van der Waals surface area (Å²) in [5.74, 6) is 1.54. The molecule has 1 saturated carbocycles. The quantitative estimate of drug-likeness (QED) is 0.705. The molecular weight excluding hydrogens is 334 g/mol. The summed E-state index contributed by atoms with van der Waals surface area (Å²) in [6, 6.07) is 6.07. The van der Waals surface area contributed by atoms with Gasteiger partial charge in [-0.25, -0.2) is 0 Å². The van der Waals surface area contributed by atoms with Gasteiger partial charge in [0.2, 0.25) is 5.91 Å². The zero-order valence-electron chi connectivity index (χ0n) is 12.6. The number of methoxy groups -OCH3 is 2. The molecule has 0 saturated heterocycles. The lowest BCUT2D eigenvalue weighted by Crippen LogP contribution is -2.45. The van der Waals surface area contributed by atoms with E-state index in [1.165, 1.54) is 6.42 Å². The molecule has 1 amide bonds. The first-order valence-electron chi connectivity index (χ1n) is 7.26. The van der Waals surface area contributed by atoms with Gasteiger partial charge in [-0.05, 0) is 37.0 Å². The standard InChI is InChI=1S/C16H22BrNO3/c1-20-14-7-6-12(10-15(14)21-2)11-16(19)18(9-8-17)13-4-3-5-13/h6-7,10,13H,3-5,8-9,11H2,1-2H3. The molecule has 1 aromatic rings. The van der Waals surface area contributed by atoms with Crippen LogP contribution in [-0.4, -0.2) is 42.9 Å². The Bertz CT molecular complexity index is 488. The van der Waals surface area contributed by atoms with Crippen molar-refractivity contribution in [2.24, 2.45) is 0 Å². The molecule has 5 heteroatoms. The summed E-state index contributed by atoms with van der Waals surface area (Å²) in [6.07, 6.45) is 3.90. The Hall–Kier alpha value is -1.23. The second-order valence-electron chi connectivity index (χ2n) is 5.23. The molecule has 0 aromatic heterocycles. The monoisotopic (exact) mass is 355 g/mol. The summed E-state index contributed by atoms with van der Waals surface area (Å²) in [6.45, 7) is 0.775. The third-order valence-electron chi connectivity index (χ3n) is 3.96. The average Bonchev–Trinajstić information content (AvgIpc) is 2.44. The van der Waals surface area contributed by atoms with Gasteiger partial charge in [-0.1, -0.05) is 22.0 Å². The second-order valence-corrected chi connectivity index (χ2v) is 6.02. The van der Waals surface area contributed by atoms with E-state index in [9.17, 15) is 4.79 Å². The minimum atomic E-state index is 0.186. The van der Waals surface area contributed by atoms with Gasteiger partial charge >= 0.3 is 0 Å². The van der Waals surface area contributed by atoms with E-state index in [4.69, 9.17) is 9.47 Å². The zero-order valence-corrected chi connectivity index (χ0v) is 14.2. The zero-order chi connectivity index (χ0) is 15.2. The highest BCUT2D eigenvalue weighted by Crippen LogP contribution is 2.29. The lowest BCUT2D eigenvalue weighted by molar-refractivity contribution is -0.134. The van der Waals surface area contributed by atoms with Crippen molar-refractivity contribution in [3.63, 3.8) is 0 Å². The molecule has 0 aliphatic heterocycles. The van der Waals surface area contributed by atoms with Crippen LogP contribution in [0.5, 0.6) is 11.5 Å². The van der Waals surface area contributed by atoms with E-state index in [2.05, 4.69) is 15.9 Å². The average molecular weight is 356 g/mol. The number of alkyl halides is 1. The fraction of sp³-hybridized carbons (Fsp3) is 0.562. The van der Waals surface area contributed by atoms with Crippen LogP contribution in [0.4, 0.5) is 0 Å². The number of carbonyl (C=O) groups excluding carboxylic acids is 1. The van der Waals surface area contributed by atoms with Crippen LogP contribution in [0, 0.1) is 0 Å². The molecule has 4 nitrogen and oxygen atoms in total. The lowest BCUT2D eigenvalue weighted by Gasteiger charge is -2.37. The van der Waals surface area contributed by atoms with Crippen LogP contribution in [0.15, 0.2) is 18.2 Å². The van der Waals surface area contributed by atoms with Crippen LogP contribution >= 0.6 is 15.9 Å². The number of ether oxygens (including phenoxy) is 2. The van der Waals surface area contributed by atoms with E-state index in [1.54, 1.807) is 14.2 Å². The maximum atomic E-state index is 12.5. The molecule has 116 valence electrons. The first kappa shape index (κ1) is 16.1. The normalized spacial score (nSPS) is 14.4. The topological polar surface area (TPSA) is 38.8 Å². The van der Waals surface area contributed by atoms with Crippen LogP contribution in [0.25, 0.3) is 0 Å². The molecule has 0 heterocycles. The Labute approximate surface area is 134 Å². The Balaban J connectivity index is 2.06. The molecular formula is C16H22BrNO3. The molecule has 21 heavy (non-hydrogen) atoms. The molecule has 1 aliphatic carbocycles. The number of rotatable bonds is 7. The first-order valence-corrected chi connectivity index (χ1v) is 8.38. The van der Waals surface area contributed by atoms with Gasteiger partial charge in [-0.2, -0.15) is 0 Å². The Kier molecular flexibility index (Phi) is 5.91. The predicted octanol–water partition coefficient (Wildman–Crippen LogP) is 3.02. The molecule has 0 bridgehead atoms. The number of hydrogen-bond donors (Lipinski definition) is 0. The SMILES string of the molecule is COc1ccc(CC(=O)N(CCBr)C2CCC2)cc1OC. The highest BCUT2D eigenvalue weighted by Gasteiger charge is 2.28. The van der Waals surface area contributed by atoms with Crippen molar-refractivity contribution in [1.29, 1.82) is 0 Å². The van der Waals surface area contributed by atoms with E-state index in [0.717, 1.165) is 30.3 Å². The third-order valence-corrected chi connectivity index (χ3v) is 4.32. The summed E-state index contributed by atoms with van der Waals surface area (Å²) in [5, 5.41) is 0.821. The van der Waals surface area contributed by atoms with E-state index in [1.807, 2.05) is 23.1 Å². The van der Waals surface area contributed by atoms with Gasteiger partial charge in [0.15, 0.2) is 11.5 Å². The number of nitrogens with zero attached hydrogens (tertiary/aromatic N) is 1. The number of amides is 1. The predicted molar refractivity (Wildman–Crippen MR) is 86.4 cm³/mol. The van der Waals surface area contributed by atoms with Crippen molar-refractivity contribution in [2.75, 3.05) is 26.1 Å². The Morgan fingerprint density at radius 1 is 1.29 bits per heavy atom. The number of carbonyl (C=O) groups is 1. The number of hydrogen-bond acceptors (Lipinski definition) is 3. The Morgan fingerprint density at radius 2 is 2.00 bits per heavy atom. The van der Waals surface area contributed by atoms with Crippen molar-refractivity contribution >= 4 is 21.8 Å². The largest absolute Gasteiger partial charge is 0.493 e. The van der Waals surface area contributed by atoms with Gasteiger partial charge in [0, 0.05) is 17.9 Å². The molecule has 0 radical (unpaired) electrons. The van der Waals surface area contributed by atoms with Crippen molar-refractivity contribution < 1.29 is 14.3 Å². The van der Waals surface area contributed by atoms with Gasteiger partial charge < -0.3 is 14.4 Å². The smallest absolute Gasteiger partial charge is 0.227 e. The van der Waals surface area contributed by atoms with Gasteiger partial charge in [0.1, 0.15) is 0 Å². The summed E-state index contributed by atoms with van der Waals surface area (Å²) < 4.78 is 10.5. The molecule has 2 rings (SSSR count). The van der Waals surface area contributed by atoms with E-state index in [-0.39, 0.29) is 5.91 Å². The number of benzene rings is 1. The van der Waals surface area contributed by atoms with Gasteiger partial charge in [0.05, 0.1) is 20.6 Å². The molecule has 1 fully saturated rings. The molecule has 0 atom stereocenters. The highest BCUT2D eigenvalue weighted by molar-refractivity contribution is 9.09. The van der Waals surface area contributed by atoms with E-state index >= 15 is 0 Å². The fourth-order valence-corrected chi connectivity index (χ4v) is 2.95. The minimum absolute atomic E-state index is 0.186. The summed E-state index contributed by atoms with van der Waals surface area (Å²) >= 11 is 3.44. The van der Waals surface area contributed by atoms with Crippen LogP contribution in [0.3, 0.4) is 0 Å². The van der Waals surface area contributed by atoms with Crippen LogP contribution in [0.1, 0.15) is 24.8 Å². The van der Waals surface area contributed by atoms with Crippen molar-refractivity contribution in [3.05, 3.63) is 23.8 Å². The summed E-state index contributed by atoms with van der Waals surface area (Å²) in [7, 11) is 3.21. The minimum Gasteiger partial charge on any atom is -0.493 e. The molecule has 1 aromatic carbocycles. The fourth-order valence-electron chi connectivity index (χ4n) is 2.57. The van der Waals surface area contributed by atoms with E-state index < -0.39 is 0 Å². The van der Waals surface area contributed by atoms with Crippen molar-refractivity contribution in [1.82, 2.24) is 4.90 Å². The van der Waals surface area contributed by atoms with Crippen LogP contribution < -0.4 is 9.47 Å². The molecule has 0 unspecified atom stereocenters. The molecule has 1 aliphatic rings. The summed E-state index contributed by atoms with van der Waals surface area (Å²) in [4.78, 5) is 14.5. The van der Waals surface area contributed by atoms with Crippen LogP contribution in [-0.2, 0) is 11.2 Å². The van der Waals surface area contributed by atoms with Crippen LogP contribution in [0.2, 0.25) is 0 Å². The van der Waals surface area contributed by atoms with Crippen molar-refractivity contribution in [2.45, 2.75) is 31.7 Å². The summed E-state index contributed by atoms with van der Waals surface area (Å²) in [5.41, 5.74) is 0.955. The first-order chi connectivity index (χ1) is 10.2. The molecule has 0 spiro atoms. The molecule has 0 N–H and O–H groups in total. The maximum Gasteiger partial charge on any atom is 0.227 e. The maximum absolute atomic E-state index is 12.5. The lowest BCUT2D eigenvalue weighted by atomic mass is 9.91. The van der Waals surface area contributed by atoms with Gasteiger partial charge in [-0.3, -0.25) is 4.79 Å². The number of halogens is 1. The highest BCUT2D eigenvalue weighted by atomic mass is 79.9. The van der Waals surface area contributed by atoms with Gasteiger partial charge in [-0.15, -0.1) is 0 Å². The third kappa shape index (κ3) is 3.90.